The lowest BCUT2D eigenvalue weighted by molar-refractivity contribution is 0.112. The Kier molecular flexibility index (Phi) is 2.10. The maximum absolute atomic E-state index is 10.5. The number of carbonyl (C=O) groups is 1. The zero-order chi connectivity index (χ0) is 10.3. The van der Waals surface area contributed by atoms with Gasteiger partial charge in [0.15, 0.2) is 0 Å². The molecule has 3 unspecified atom stereocenters. The molecule has 1 aromatic carbocycles. The lowest BCUT2D eigenvalue weighted by Crippen LogP contribution is -2.11. The molecule has 0 aromatic heterocycles. The molecule has 0 bridgehead atoms. The van der Waals surface area contributed by atoms with Crippen LogP contribution in [0.25, 0.3) is 0 Å². The molecule has 2 fully saturated rings. The van der Waals surface area contributed by atoms with Crippen LogP contribution in [-0.4, -0.2) is 18.5 Å². The van der Waals surface area contributed by atoms with Gasteiger partial charge < -0.3 is 4.74 Å². The van der Waals surface area contributed by atoms with E-state index in [1.54, 1.807) is 0 Å². The van der Waals surface area contributed by atoms with Gasteiger partial charge in [-0.2, -0.15) is 0 Å². The molecule has 1 aliphatic carbocycles. The number of ether oxygens (including phenoxy) is 1. The van der Waals surface area contributed by atoms with Gasteiger partial charge in [0.25, 0.3) is 0 Å². The summed E-state index contributed by atoms with van der Waals surface area (Å²) in [4.78, 5) is 10.5. The van der Waals surface area contributed by atoms with Crippen molar-refractivity contribution in [2.45, 2.75) is 37.4 Å². The average Bonchev–Trinajstić information content (AvgIpc) is 3.07. The summed E-state index contributed by atoms with van der Waals surface area (Å²) in [5.74, 6) is 0.634. The maximum Gasteiger partial charge on any atom is 0.150 e. The third-order valence-corrected chi connectivity index (χ3v) is 3.55. The van der Waals surface area contributed by atoms with E-state index in [0.29, 0.717) is 18.1 Å². The Morgan fingerprint density at radius 1 is 1.13 bits per heavy atom. The Balaban J connectivity index is 1.76. The van der Waals surface area contributed by atoms with Gasteiger partial charge in [0.1, 0.15) is 6.29 Å². The Morgan fingerprint density at radius 3 is 2.60 bits per heavy atom. The summed E-state index contributed by atoms with van der Waals surface area (Å²) in [6.07, 6.45) is 5.56. The summed E-state index contributed by atoms with van der Waals surface area (Å²) in [5, 5.41) is 0. The number of rotatable bonds is 2. The molecule has 2 nitrogen and oxygen atoms in total. The minimum atomic E-state index is 0.523. The fraction of sp³-hybridized carbons (Fsp3) is 0.462. The molecule has 0 spiro atoms. The van der Waals surface area contributed by atoms with Gasteiger partial charge >= 0.3 is 0 Å². The summed E-state index contributed by atoms with van der Waals surface area (Å²) >= 11 is 0. The fourth-order valence-electron chi connectivity index (χ4n) is 2.55. The Morgan fingerprint density at radius 2 is 1.93 bits per heavy atom. The molecular formula is C13H14O2. The SMILES string of the molecule is O=Cc1ccc(C2CCC3OC3C2)cc1. The van der Waals surface area contributed by atoms with Gasteiger partial charge in [0.05, 0.1) is 12.2 Å². The van der Waals surface area contributed by atoms with Crippen molar-refractivity contribution in [2.75, 3.05) is 0 Å². The van der Waals surface area contributed by atoms with Crippen molar-refractivity contribution in [1.29, 1.82) is 0 Å². The molecule has 1 aromatic rings. The van der Waals surface area contributed by atoms with E-state index in [9.17, 15) is 4.79 Å². The highest BCUT2D eigenvalue weighted by atomic mass is 16.6. The van der Waals surface area contributed by atoms with E-state index in [1.807, 2.05) is 12.1 Å². The van der Waals surface area contributed by atoms with E-state index in [2.05, 4.69) is 12.1 Å². The van der Waals surface area contributed by atoms with Gasteiger partial charge in [0.2, 0.25) is 0 Å². The first-order valence-corrected chi connectivity index (χ1v) is 5.57. The lowest BCUT2D eigenvalue weighted by Gasteiger charge is -2.19. The molecule has 0 amide bonds. The van der Waals surface area contributed by atoms with Crippen molar-refractivity contribution < 1.29 is 9.53 Å². The van der Waals surface area contributed by atoms with Crippen molar-refractivity contribution in [3.8, 4) is 0 Å². The van der Waals surface area contributed by atoms with Crippen LogP contribution in [-0.2, 0) is 4.74 Å². The predicted molar refractivity (Wildman–Crippen MR) is 57.1 cm³/mol. The highest BCUT2D eigenvalue weighted by molar-refractivity contribution is 5.74. The summed E-state index contributed by atoms with van der Waals surface area (Å²) in [7, 11) is 0. The molecule has 15 heavy (non-hydrogen) atoms. The molecule has 1 saturated carbocycles. The topological polar surface area (TPSA) is 29.6 Å². The maximum atomic E-state index is 10.5. The van der Waals surface area contributed by atoms with Crippen LogP contribution in [0.5, 0.6) is 0 Å². The lowest BCUT2D eigenvalue weighted by atomic mass is 9.84. The largest absolute Gasteiger partial charge is 0.370 e. The summed E-state index contributed by atoms with van der Waals surface area (Å²) < 4.78 is 5.52. The minimum Gasteiger partial charge on any atom is -0.370 e. The second-order valence-electron chi connectivity index (χ2n) is 4.51. The number of hydrogen-bond donors (Lipinski definition) is 0. The fourth-order valence-corrected chi connectivity index (χ4v) is 2.55. The van der Waals surface area contributed by atoms with E-state index in [4.69, 9.17) is 4.74 Å². The molecule has 1 aliphatic heterocycles. The van der Waals surface area contributed by atoms with Crippen molar-refractivity contribution >= 4 is 6.29 Å². The Hall–Kier alpha value is -1.15. The highest BCUT2D eigenvalue weighted by Gasteiger charge is 2.43. The van der Waals surface area contributed by atoms with Gasteiger partial charge in [-0.3, -0.25) is 4.79 Å². The van der Waals surface area contributed by atoms with Gasteiger partial charge in [-0.25, -0.2) is 0 Å². The van der Waals surface area contributed by atoms with Crippen LogP contribution in [0, 0.1) is 0 Å². The molecule has 2 heteroatoms. The molecule has 3 atom stereocenters. The molecule has 2 aliphatic rings. The summed E-state index contributed by atoms with van der Waals surface area (Å²) in [5.41, 5.74) is 2.12. The first-order valence-electron chi connectivity index (χ1n) is 5.57. The number of aldehydes is 1. The van der Waals surface area contributed by atoms with Crippen molar-refractivity contribution in [3.63, 3.8) is 0 Å². The van der Waals surface area contributed by atoms with Gasteiger partial charge in [-0.1, -0.05) is 24.3 Å². The monoisotopic (exact) mass is 202 g/mol. The second-order valence-corrected chi connectivity index (χ2v) is 4.51. The quantitative estimate of drug-likeness (QED) is 0.545. The third kappa shape index (κ3) is 1.70. The first-order chi connectivity index (χ1) is 7.36. The molecule has 0 radical (unpaired) electrons. The number of benzene rings is 1. The summed E-state index contributed by atoms with van der Waals surface area (Å²) in [6, 6.07) is 7.97. The van der Waals surface area contributed by atoms with Crippen LogP contribution in [0.2, 0.25) is 0 Å². The van der Waals surface area contributed by atoms with E-state index >= 15 is 0 Å². The molecule has 78 valence electrons. The second kappa shape index (κ2) is 3.46. The van der Waals surface area contributed by atoms with Gasteiger partial charge in [0, 0.05) is 5.56 Å². The smallest absolute Gasteiger partial charge is 0.150 e. The van der Waals surface area contributed by atoms with Gasteiger partial charge in [-0.05, 0) is 30.7 Å². The molecule has 1 saturated heterocycles. The van der Waals surface area contributed by atoms with E-state index in [1.165, 1.54) is 18.4 Å². The number of epoxide rings is 1. The predicted octanol–water partition coefficient (Wildman–Crippen LogP) is 2.53. The molecule has 3 rings (SSSR count). The van der Waals surface area contributed by atoms with Crippen LogP contribution in [0.4, 0.5) is 0 Å². The van der Waals surface area contributed by atoms with Crippen LogP contribution in [0.1, 0.15) is 41.1 Å². The standard InChI is InChI=1S/C13H14O2/c14-8-9-1-3-10(4-2-9)11-5-6-12-13(7-11)15-12/h1-4,8,11-13H,5-7H2. The van der Waals surface area contributed by atoms with Crippen LogP contribution in [0.3, 0.4) is 0 Å². The van der Waals surface area contributed by atoms with Gasteiger partial charge in [-0.15, -0.1) is 0 Å². The average molecular weight is 202 g/mol. The number of fused-ring (bicyclic) bond motifs is 1. The van der Waals surface area contributed by atoms with Crippen molar-refractivity contribution in [3.05, 3.63) is 35.4 Å². The molecular weight excluding hydrogens is 188 g/mol. The Labute approximate surface area is 89.2 Å². The normalized spacial score (nSPS) is 33.2. The van der Waals surface area contributed by atoms with E-state index in [0.717, 1.165) is 18.3 Å². The van der Waals surface area contributed by atoms with Crippen molar-refractivity contribution in [1.82, 2.24) is 0 Å². The molecule has 0 N–H and O–H groups in total. The minimum absolute atomic E-state index is 0.523. The highest BCUT2D eigenvalue weighted by Crippen LogP contribution is 2.43. The number of carbonyl (C=O) groups excluding carboxylic acids is 1. The number of hydrogen-bond acceptors (Lipinski definition) is 2. The Bertz CT molecular complexity index is 369. The van der Waals surface area contributed by atoms with E-state index in [-0.39, 0.29) is 0 Å². The third-order valence-electron chi connectivity index (χ3n) is 3.55. The zero-order valence-corrected chi connectivity index (χ0v) is 8.56. The van der Waals surface area contributed by atoms with Crippen molar-refractivity contribution in [2.24, 2.45) is 0 Å². The van der Waals surface area contributed by atoms with Crippen LogP contribution in [0.15, 0.2) is 24.3 Å². The first kappa shape index (κ1) is 9.10. The molecule has 1 heterocycles. The van der Waals surface area contributed by atoms with Crippen LogP contribution >= 0.6 is 0 Å². The van der Waals surface area contributed by atoms with E-state index < -0.39 is 0 Å². The summed E-state index contributed by atoms with van der Waals surface area (Å²) in [6.45, 7) is 0. The zero-order valence-electron chi connectivity index (χ0n) is 8.56. The van der Waals surface area contributed by atoms with Crippen LogP contribution < -0.4 is 0 Å².